The van der Waals surface area contributed by atoms with Crippen molar-refractivity contribution in [2.24, 2.45) is 11.1 Å². The summed E-state index contributed by atoms with van der Waals surface area (Å²) in [6, 6.07) is 1.28. The number of alkyl halides is 3. The van der Waals surface area contributed by atoms with Crippen molar-refractivity contribution in [2.45, 2.75) is 24.9 Å². The van der Waals surface area contributed by atoms with Crippen LogP contribution in [0.1, 0.15) is 25.1 Å². The molecule has 15 heteroatoms. The number of benzene rings is 1. The Balaban J connectivity index is 2.43. The van der Waals surface area contributed by atoms with Crippen molar-refractivity contribution in [1.82, 2.24) is 9.78 Å². The van der Waals surface area contributed by atoms with Gasteiger partial charge in [-0.2, -0.15) is 18.3 Å². The van der Waals surface area contributed by atoms with E-state index < -0.39 is 50.4 Å². The average molecular weight is 529 g/mol. The lowest BCUT2D eigenvalue weighted by Gasteiger charge is -2.13. The zero-order valence-electron chi connectivity index (χ0n) is 17.3. The van der Waals surface area contributed by atoms with E-state index in [9.17, 15) is 27.0 Å². The van der Waals surface area contributed by atoms with E-state index in [-0.39, 0.29) is 28.7 Å². The van der Waals surface area contributed by atoms with Gasteiger partial charge in [0.15, 0.2) is 5.92 Å². The second-order valence-corrected chi connectivity index (χ2v) is 8.50. The fourth-order valence-electron chi connectivity index (χ4n) is 2.49. The van der Waals surface area contributed by atoms with E-state index >= 15 is 0 Å². The second kappa shape index (κ2) is 10.5. The Bertz CT molecular complexity index is 1110. The highest BCUT2D eigenvalue weighted by molar-refractivity contribution is 7.84. The molecule has 0 saturated carbocycles. The molecule has 0 amide bonds. The molecule has 1 heterocycles. The van der Waals surface area contributed by atoms with Crippen molar-refractivity contribution in [3.63, 3.8) is 0 Å². The Hall–Kier alpha value is -2.64. The Kier molecular flexibility index (Phi) is 8.49. The van der Waals surface area contributed by atoms with E-state index in [1.165, 1.54) is 13.2 Å². The largest absolute Gasteiger partial charge is 0.465 e. The molecule has 0 aliphatic rings. The van der Waals surface area contributed by atoms with Crippen LogP contribution in [0.3, 0.4) is 0 Å². The monoisotopic (exact) mass is 528 g/mol. The molecule has 1 aromatic heterocycles. The molecule has 0 spiro atoms. The molecule has 0 fully saturated rings. The van der Waals surface area contributed by atoms with Crippen molar-refractivity contribution in [3.05, 3.63) is 33.4 Å². The first kappa shape index (κ1) is 26.6. The molecule has 2 aromatic rings. The number of carbonyl (C=O) groups is 2. The molecule has 0 bridgehead atoms. The number of esters is 1. The van der Waals surface area contributed by atoms with Gasteiger partial charge in [0, 0.05) is 6.26 Å². The fourth-order valence-corrected chi connectivity index (χ4v) is 3.90. The number of nitrogens with zero attached hydrogens (tertiary/aromatic N) is 3. The van der Waals surface area contributed by atoms with Gasteiger partial charge in [-0.25, -0.2) is 9.48 Å². The molecule has 33 heavy (non-hydrogen) atoms. The van der Waals surface area contributed by atoms with Crippen LogP contribution in [-0.2, 0) is 36.1 Å². The van der Waals surface area contributed by atoms with Gasteiger partial charge in [0.2, 0.25) is 0 Å². The van der Waals surface area contributed by atoms with E-state index in [2.05, 4.69) is 15.1 Å². The van der Waals surface area contributed by atoms with Crippen molar-refractivity contribution >= 4 is 58.0 Å². The van der Waals surface area contributed by atoms with Crippen molar-refractivity contribution in [1.29, 1.82) is 0 Å². The maximum atomic E-state index is 13.0. The molecule has 0 aliphatic carbocycles. The Morgan fingerprint density at radius 1 is 1.30 bits per heavy atom. The highest BCUT2D eigenvalue weighted by Crippen LogP contribution is 2.38. The molecule has 180 valence electrons. The van der Waals surface area contributed by atoms with Gasteiger partial charge in [-0.05, 0) is 26.0 Å². The Labute approximate surface area is 198 Å². The van der Waals surface area contributed by atoms with Gasteiger partial charge in [-0.3, -0.25) is 9.00 Å². The molecule has 2 rings (SSSR count). The molecule has 1 aromatic carbocycles. The third-order valence-electron chi connectivity index (χ3n) is 4.06. The zero-order chi connectivity index (χ0) is 25.1. The van der Waals surface area contributed by atoms with Gasteiger partial charge in [-0.1, -0.05) is 28.4 Å². The molecule has 2 N–H and O–H groups in total. The second-order valence-electron chi connectivity index (χ2n) is 6.37. The first-order chi connectivity index (χ1) is 15.3. The molecular formula is C18H17Cl2F3N4O5S. The minimum absolute atomic E-state index is 0.0666. The predicted molar refractivity (Wildman–Crippen MR) is 115 cm³/mol. The number of hydrogen-bond acceptors (Lipinski definition) is 8. The third-order valence-corrected chi connectivity index (χ3v) is 5.63. The fraction of sp³-hybridized carbons (Fsp3) is 0.333. The normalized spacial score (nSPS) is 13.7. The summed E-state index contributed by atoms with van der Waals surface area (Å²) in [5.41, 5.74) is 4.57. The lowest BCUT2D eigenvalue weighted by atomic mass is 10.2. The van der Waals surface area contributed by atoms with Gasteiger partial charge < -0.3 is 15.3 Å². The number of nitrogens with two attached hydrogens (primary N) is 1. The average Bonchev–Trinajstić information content (AvgIpc) is 3.02. The van der Waals surface area contributed by atoms with Crippen LogP contribution >= 0.6 is 23.2 Å². The summed E-state index contributed by atoms with van der Waals surface area (Å²) in [5, 5.41) is 6.62. The maximum absolute atomic E-state index is 13.0. The van der Waals surface area contributed by atoms with Gasteiger partial charge in [-0.15, -0.1) is 0 Å². The van der Waals surface area contributed by atoms with Gasteiger partial charge in [0.25, 0.3) is 0 Å². The predicted octanol–water partition coefficient (Wildman–Crippen LogP) is 3.59. The number of halogens is 5. The minimum atomic E-state index is -4.69. The zero-order valence-corrected chi connectivity index (χ0v) is 19.6. The summed E-state index contributed by atoms with van der Waals surface area (Å²) >= 11 is 12.0. The molecule has 0 aliphatic heterocycles. The molecular weight excluding hydrogens is 512 g/mol. The summed E-state index contributed by atoms with van der Waals surface area (Å²) < 4.78 is 56.8. The maximum Gasteiger partial charge on any atom is 0.416 e. The first-order valence-electron chi connectivity index (χ1n) is 8.98. The van der Waals surface area contributed by atoms with Crippen LogP contribution in [0.4, 0.5) is 19.0 Å². The van der Waals surface area contributed by atoms with Crippen LogP contribution in [0.25, 0.3) is 5.69 Å². The summed E-state index contributed by atoms with van der Waals surface area (Å²) in [6.07, 6.45) is -2.54. The molecule has 9 nitrogen and oxygen atoms in total. The molecule has 2 unspecified atom stereocenters. The van der Waals surface area contributed by atoms with Gasteiger partial charge in [0.1, 0.15) is 22.1 Å². The SMILES string of the molecule is CCOC(=O)C(C)C(=O)O/N=C/c1nn(-c2c(Cl)cc(C(F)(F)F)cc2Cl)c(N)c1S(C)=O. The van der Waals surface area contributed by atoms with Crippen LogP contribution in [0.15, 0.2) is 22.2 Å². The number of rotatable bonds is 7. The van der Waals surface area contributed by atoms with Crippen molar-refractivity contribution in [3.8, 4) is 5.69 Å². The number of oxime groups is 1. The van der Waals surface area contributed by atoms with E-state index in [1.807, 2.05) is 0 Å². The molecule has 2 atom stereocenters. The van der Waals surface area contributed by atoms with Crippen molar-refractivity contribution < 1.29 is 36.5 Å². The highest BCUT2D eigenvalue weighted by Gasteiger charge is 2.33. The standard InChI is InChI=1S/C18H17Cl2F3N4O5S/c1-4-31-16(28)8(2)17(29)32-25-7-12-14(33(3)30)15(24)27(26-12)13-10(19)5-9(6-11(13)20)18(21,22)23/h5-8H,4,24H2,1-3H3/b25-7+. The quantitative estimate of drug-likeness (QED) is 0.191. The van der Waals surface area contributed by atoms with Crippen LogP contribution in [0, 0.1) is 5.92 Å². The van der Waals surface area contributed by atoms with Crippen LogP contribution < -0.4 is 5.73 Å². The minimum Gasteiger partial charge on any atom is -0.465 e. The number of hydrogen-bond donors (Lipinski definition) is 1. The van der Waals surface area contributed by atoms with Crippen LogP contribution in [0.5, 0.6) is 0 Å². The van der Waals surface area contributed by atoms with Crippen LogP contribution in [-0.4, -0.2) is 45.0 Å². The summed E-state index contributed by atoms with van der Waals surface area (Å²) in [7, 11) is -1.75. The molecule has 0 saturated heterocycles. The molecule has 0 radical (unpaired) electrons. The number of nitrogen functional groups attached to an aromatic ring is 1. The highest BCUT2D eigenvalue weighted by atomic mass is 35.5. The smallest absolute Gasteiger partial charge is 0.416 e. The van der Waals surface area contributed by atoms with Crippen LogP contribution in [0.2, 0.25) is 10.0 Å². The van der Waals surface area contributed by atoms with Gasteiger partial charge >= 0.3 is 18.1 Å². The lowest BCUT2D eigenvalue weighted by molar-refractivity contribution is -0.160. The summed E-state index contributed by atoms with van der Waals surface area (Å²) in [4.78, 5) is 28.0. The first-order valence-corrected chi connectivity index (χ1v) is 11.3. The number of anilines is 1. The van der Waals surface area contributed by atoms with E-state index in [1.54, 1.807) is 6.92 Å². The van der Waals surface area contributed by atoms with E-state index in [0.29, 0.717) is 12.1 Å². The number of ether oxygens (including phenoxy) is 1. The topological polar surface area (TPSA) is 126 Å². The van der Waals surface area contributed by atoms with E-state index in [0.717, 1.165) is 10.9 Å². The Morgan fingerprint density at radius 2 is 1.88 bits per heavy atom. The van der Waals surface area contributed by atoms with E-state index in [4.69, 9.17) is 33.7 Å². The lowest BCUT2D eigenvalue weighted by Crippen LogP contribution is -2.24. The van der Waals surface area contributed by atoms with Gasteiger partial charge in [0.05, 0.1) is 39.2 Å². The summed E-state index contributed by atoms with van der Waals surface area (Å²) in [6.45, 7) is 2.89. The number of carbonyl (C=O) groups excluding carboxylic acids is 2. The Morgan fingerprint density at radius 3 is 2.36 bits per heavy atom. The summed E-state index contributed by atoms with van der Waals surface area (Å²) in [5.74, 6) is -3.33. The number of aromatic nitrogens is 2. The van der Waals surface area contributed by atoms with Crippen molar-refractivity contribution in [2.75, 3.05) is 18.6 Å². The third kappa shape index (κ3) is 6.03.